The Hall–Kier alpha value is -2.45. The van der Waals surface area contributed by atoms with Crippen LogP contribution in [0.25, 0.3) is 0 Å². The maximum absolute atomic E-state index is 12.6. The Bertz CT molecular complexity index is 928. The van der Waals surface area contributed by atoms with Gasteiger partial charge in [0.05, 0.1) is 18.4 Å². The lowest BCUT2D eigenvalue weighted by atomic mass is 9.96. The Kier molecular flexibility index (Phi) is 8.85. The summed E-state index contributed by atoms with van der Waals surface area (Å²) in [6.07, 6.45) is 7.58. The first kappa shape index (κ1) is 23.2. The molecular formula is C23H26BrN3O3S. The normalized spacial score (nSPS) is 14.3. The molecule has 0 saturated heterocycles. The number of nitrogens with one attached hydrogen (secondary N) is 2. The molecule has 0 bridgehead atoms. The van der Waals surface area contributed by atoms with Gasteiger partial charge in [-0.05, 0) is 74.4 Å². The van der Waals surface area contributed by atoms with Gasteiger partial charge in [-0.2, -0.15) is 5.10 Å². The summed E-state index contributed by atoms with van der Waals surface area (Å²) in [5, 5.41) is 8.01. The minimum atomic E-state index is -0.456. The first-order valence-electron chi connectivity index (χ1n) is 10.4. The number of rotatable bonds is 7. The van der Waals surface area contributed by atoms with Gasteiger partial charge in [-0.15, -0.1) is 0 Å². The van der Waals surface area contributed by atoms with Gasteiger partial charge < -0.3 is 14.8 Å². The van der Waals surface area contributed by atoms with Crippen LogP contribution in [-0.4, -0.2) is 29.9 Å². The molecule has 0 spiro atoms. The number of halogens is 1. The fourth-order valence-corrected chi connectivity index (χ4v) is 3.95. The van der Waals surface area contributed by atoms with Crippen molar-refractivity contribution >= 4 is 45.4 Å². The van der Waals surface area contributed by atoms with Crippen molar-refractivity contribution in [3.05, 3.63) is 58.1 Å². The number of nitrogens with zero attached hydrogens (tertiary/aromatic N) is 1. The standard InChI is InChI=1S/C23H26BrN3O3S/c1-2-29-20-11-8-16(9-12-20)22(28)30-21-13-10-18(24)14-17(21)15-25-27-23(31)26-19-6-4-3-5-7-19/h8-15,19H,2-7H2,1H3,(H2,26,27,31)/b25-15-. The fraction of sp³-hybridized carbons (Fsp3) is 0.348. The zero-order chi connectivity index (χ0) is 22.1. The lowest BCUT2D eigenvalue weighted by Gasteiger charge is -2.23. The summed E-state index contributed by atoms with van der Waals surface area (Å²) in [7, 11) is 0. The Morgan fingerprint density at radius 1 is 1.19 bits per heavy atom. The topological polar surface area (TPSA) is 72.0 Å². The molecule has 6 nitrogen and oxygen atoms in total. The SMILES string of the molecule is CCOc1ccc(C(=O)Oc2ccc(Br)cc2/C=N\NC(=S)NC2CCCCC2)cc1. The molecule has 1 fully saturated rings. The van der Waals surface area contributed by atoms with E-state index in [0.717, 1.165) is 17.3 Å². The van der Waals surface area contributed by atoms with Gasteiger partial charge in [0.25, 0.3) is 0 Å². The highest BCUT2D eigenvalue weighted by Crippen LogP contribution is 2.23. The molecule has 2 N–H and O–H groups in total. The molecule has 0 amide bonds. The lowest BCUT2D eigenvalue weighted by molar-refractivity contribution is 0.0734. The van der Waals surface area contributed by atoms with E-state index in [2.05, 4.69) is 31.8 Å². The van der Waals surface area contributed by atoms with E-state index in [1.54, 1.807) is 42.6 Å². The summed E-state index contributed by atoms with van der Waals surface area (Å²) in [6, 6.07) is 12.6. The number of hydrazone groups is 1. The van der Waals surface area contributed by atoms with Crippen LogP contribution in [0, 0.1) is 0 Å². The number of esters is 1. The third-order valence-corrected chi connectivity index (χ3v) is 5.59. The summed E-state index contributed by atoms with van der Waals surface area (Å²) in [5.74, 6) is 0.653. The van der Waals surface area contributed by atoms with E-state index >= 15 is 0 Å². The molecule has 1 aliphatic rings. The Morgan fingerprint density at radius 3 is 2.65 bits per heavy atom. The smallest absolute Gasteiger partial charge is 0.343 e. The molecule has 164 valence electrons. The highest BCUT2D eigenvalue weighted by Gasteiger charge is 2.14. The Balaban J connectivity index is 1.62. The van der Waals surface area contributed by atoms with Gasteiger partial charge >= 0.3 is 5.97 Å². The van der Waals surface area contributed by atoms with Crippen LogP contribution in [0.15, 0.2) is 52.0 Å². The number of benzene rings is 2. The Labute approximate surface area is 196 Å². The van der Waals surface area contributed by atoms with Crippen molar-refractivity contribution in [1.82, 2.24) is 10.7 Å². The summed E-state index contributed by atoms with van der Waals surface area (Å²) >= 11 is 8.77. The molecule has 1 aliphatic carbocycles. The summed E-state index contributed by atoms with van der Waals surface area (Å²) < 4.78 is 11.8. The second-order valence-electron chi connectivity index (χ2n) is 7.21. The lowest BCUT2D eigenvalue weighted by Crippen LogP contribution is -2.40. The van der Waals surface area contributed by atoms with Crippen LogP contribution in [0.2, 0.25) is 0 Å². The van der Waals surface area contributed by atoms with Crippen molar-refractivity contribution in [3.8, 4) is 11.5 Å². The average molecular weight is 504 g/mol. The van der Waals surface area contributed by atoms with Crippen LogP contribution in [0.1, 0.15) is 54.9 Å². The molecule has 0 unspecified atom stereocenters. The van der Waals surface area contributed by atoms with Crippen molar-refractivity contribution < 1.29 is 14.3 Å². The third-order valence-electron chi connectivity index (χ3n) is 4.89. The van der Waals surface area contributed by atoms with Gasteiger partial charge in [-0.1, -0.05) is 35.2 Å². The molecule has 0 radical (unpaired) electrons. The quantitative estimate of drug-likeness (QED) is 0.178. The van der Waals surface area contributed by atoms with Crippen LogP contribution < -0.4 is 20.2 Å². The molecule has 1 saturated carbocycles. The van der Waals surface area contributed by atoms with Gasteiger partial charge in [0.2, 0.25) is 0 Å². The molecular weight excluding hydrogens is 478 g/mol. The highest BCUT2D eigenvalue weighted by molar-refractivity contribution is 9.10. The fourth-order valence-electron chi connectivity index (χ4n) is 3.35. The van der Waals surface area contributed by atoms with E-state index in [-0.39, 0.29) is 0 Å². The van der Waals surface area contributed by atoms with E-state index < -0.39 is 5.97 Å². The van der Waals surface area contributed by atoms with Crippen LogP contribution in [0.4, 0.5) is 0 Å². The molecule has 3 rings (SSSR count). The third kappa shape index (κ3) is 7.33. The van der Waals surface area contributed by atoms with E-state index in [1.807, 2.05) is 13.0 Å². The summed E-state index contributed by atoms with van der Waals surface area (Å²) in [5.41, 5.74) is 3.92. The van der Waals surface area contributed by atoms with E-state index in [9.17, 15) is 4.79 Å². The van der Waals surface area contributed by atoms with Crippen molar-refractivity contribution in [1.29, 1.82) is 0 Å². The second kappa shape index (κ2) is 11.8. The molecule has 2 aromatic rings. The zero-order valence-electron chi connectivity index (χ0n) is 17.4. The number of hydrogen-bond donors (Lipinski definition) is 2. The number of carbonyl (C=O) groups excluding carboxylic acids is 1. The molecule has 31 heavy (non-hydrogen) atoms. The van der Waals surface area contributed by atoms with Crippen molar-refractivity contribution in [3.63, 3.8) is 0 Å². The molecule has 0 atom stereocenters. The largest absolute Gasteiger partial charge is 0.494 e. The Morgan fingerprint density at radius 2 is 1.94 bits per heavy atom. The molecule has 0 aliphatic heterocycles. The van der Waals surface area contributed by atoms with Crippen LogP contribution in [-0.2, 0) is 0 Å². The molecule has 0 heterocycles. The number of hydrogen-bond acceptors (Lipinski definition) is 5. The number of ether oxygens (including phenoxy) is 2. The highest BCUT2D eigenvalue weighted by atomic mass is 79.9. The monoisotopic (exact) mass is 503 g/mol. The van der Waals surface area contributed by atoms with E-state index in [0.29, 0.717) is 40.4 Å². The van der Waals surface area contributed by atoms with Crippen molar-refractivity contribution in [2.45, 2.75) is 45.1 Å². The minimum absolute atomic E-state index is 0.402. The minimum Gasteiger partial charge on any atom is -0.494 e. The van der Waals surface area contributed by atoms with Gasteiger partial charge in [0.15, 0.2) is 5.11 Å². The first-order valence-corrected chi connectivity index (χ1v) is 11.6. The van der Waals surface area contributed by atoms with Gasteiger partial charge in [-0.25, -0.2) is 4.79 Å². The van der Waals surface area contributed by atoms with Crippen LogP contribution in [0.5, 0.6) is 11.5 Å². The van der Waals surface area contributed by atoms with Crippen molar-refractivity contribution in [2.24, 2.45) is 5.10 Å². The second-order valence-corrected chi connectivity index (χ2v) is 8.53. The van der Waals surface area contributed by atoms with Crippen molar-refractivity contribution in [2.75, 3.05) is 6.61 Å². The van der Waals surface area contributed by atoms with E-state index in [4.69, 9.17) is 21.7 Å². The summed E-state index contributed by atoms with van der Waals surface area (Å²) in [6.45, 7) is 2.48. The van der Waals surface area contributed by atoms with Gasteiger partial charge in [0.1, 0.15) is 11.5 Å². The predicted octanol–water partition coefficient (Wildman–Crippen LogP) is 5.20. The predicted molar refractivity (Wildman–Crippen MR) is 130 cm³/mol. The summed E-state index contributed by atoms with van der Waals surface area (Å²) in [4.78, 5) is 12.6. The zero-order valence-corrected chi connectivity index (χ0v) is 19.8. The van der Waals surface area contributed by atoms with Crippen LogP contribution >= 0.6 is 28.1 Å². The van der Waals surface area contributed by atoms with Crippen LogP contribution in [0.3, 0.4) is 0 Å². The van der Waals surface area contributed by atoms with E-state index in [1.165, 1.54) is 19.3 Å². The maximum atomic E-state index is 12.6. The maximum Gasteiger partial charge on any atom is 0.343 e. The first-order chi connectivity index (χ1) is 15.0. The van der Waals surface area contributed by atoms with Gasteiger partial charge in [0, 0.05) is 16.1 Å². The molecule has 8 heteroatoms. The molecule has 0 aromatic heterocycles. The number of thiocarbonyl (C=S) groups is 1. The molecule has 2 aromatic carbocycles. The van der Waals surface area contributed by atoms with Gasteiger partial charge in [-0.3, -0.25) is 5.43 Å². The number of carbonyl (C=O) groups is 1. The average Bonchev–Trinajstić information content (AvgIpc) is 2.77.